The van der Waals surface area contributed by atoms with Crippen LogP contribution in [0.1, 0.15) is 31.2 Å². The average Bonchev–Trinajstić information content (AvgIpc) is 3.48. The van der Waals surface area contributed by atoms with Gasteiger partial charge in [0, 0.05) is 23.8 Å². The highest BCUT2D eigenvalue weighted by Gasteiger charge is 2.33. The van der Waals surface area contributed by atoms with E-state index in [0.717, 1.165) is 5.56 Å². The van der Waals surface area contributed by atoms with Crippen LogP contribution < -0.4 is 14.9 Å². The zero-order valence-corrected chi connectivity index (χ0v) is 21.8. The number of rotatable bonds is 6. The normalized spacial score (nSPS) is 15.2. The van der Waals surface area contributed by atoms with Crippen LogP contribution in [0.15, 0.2) is 86.1 Å². The number of esters is 1. The molecule has 3 heterocycles. The molecule has 1 atom stereocenters. The van der Waals surface area contributed by atoms with Crippen molar-refractivity contribution >= 4 is 40.7 Å². The summed E-state index contributed by atoms with van der Waals surface area (Å²) in [6.45, 7) is 3.65. The standard InChI is InChI=1S/C27H20ClN3O6S/c1-3-36-26(33)23-15(2)29-27-30(24(23)16-7-5-4-6-8-16)25(32)22(38-27)14-18-10-12-21(37-18)19-11-9-17(31(34)35)13-20(19)28/h4-14,24H,3H2,1-2H3/b22-14+/t24-/m0/s1. The Bertz CT molecular complexity index is 1780. The number of benzene rings is 2. The molecule has 9 nitrogen and oxygen atoms in total. The number of aromatic nitrogens is 1. The van der Waals surface area contributed by atoms with E-state index in [1.54, 1.807) is 32.1 Å². The highest BCUT2D eigenvalue weighted by molar-refractivity contribution is 7.07. The fraction of sp³-hybridized carbons (Fsp3) is 0.148. The monoisotopic (exact) mass is 549 g/mol. The van der Waals surface area contributed by atoms with Crippen molar-refractivity contribution in [2.45, 2.75) is 19.9 Å². The zero-order chi connectivity index (χ0) is 27.0. The summed E-state index contributed by atoms with van der Waals surface area (Å²) in [5.74, 6) is 0.260. The predicted octanol–water partition coefficient (Wildman–Crippen LogP) is 4.62. The molecular formula is C27H20ClN3O6S. The number of carbonyl (C=O) groups is 1. The summed E-state index contributed by atoms with van der Waals surface area (Å²) in [6.07, 6.45) is 1.60. The van der Waals surface area contributed by atoms with E-state index in [4.69, 9.17) is 20.8 Å². The molecule has 0 saturated carbocycles. The molecule has 0 saturated heterocycles. The number of hydrogen-bond acceptors (Lipinski definition) is 8. The van der Waals surface area contributed by atoms with Crippen LogP contribution in [-0.4, -0.2) is 22.1 Å². The fourth-order valence-electron chi connectivity index (χ4n) is 4.26. The molecular weight excluding hydrogens is 530 g/mol. The molecule has 2 aromatic heterocycles. The SMILES string of the molecule is CCOC(=O)C1=C(C)N=c2s/c(=C/c3ccc(-c4ccc([N+](=O)[O-])cc4Cl)o3)c(=O)n2[C@H]1c1ccccc1. The first-order chi connectivity index (χ1) is 18.3. The van der Waals surface area contributed by atoms with Gasteiger partial charge in [0.25, 0.3) is 11.2 Å². The van der Waals surface area contributed by atoms with Crippen LogP contribution >= 0.6 is 22.9 Å². The molecule has 0 fully saturated rings. The third-order valence-corrected chi connectivity index (χ3v) is 7.26. The summed E-state index contributed by atoms with van der Waals surface area (Å²) in [4.78, 5) is 42.0. The minimum atomic E-state index is -0.695. The molecule has 4 aromatic rings. The molecule has 0 bridgehead atoms. The second-order valence-corrected chi connectivity index (χ2v) is 9.75. The lowest BCUT2D eigenvalue weighted by molar-refractivity contribution is -0.384. The molecule has 0 spiro atoms. The number of ether oxygens (including phenoxy) is 1. The quantitative estimate of drug-likeness (QED) is 0.197. The van der Waals surface area contributed by atoms with Crippen LogP contribution in [0.4, 0.5) is 5.69 Å². The first kappa shape index (κ1) is 25.4. The molecule has 0 unspecified atom stereocenters. The number of non-ortho nitro benzene ring substituents is 1. The van der Waals surface area contributed by atoms with Gasteiger partial charge in [-0.25, -0.2) is 9.79 Å². The number of allylic oxidation sites excluding steroid dienone is 1. The van der Waals surface area contributed by atoms with Crippen molar-refractivity contribution in [2.75, 3.05) is 6.61 Å². The molecule has 5 rings (SSSR count). The van der Waals surface area contributed by atoms with Gasteiger partial charge in [-0.3, -0.25) is 19.5 Å². The highest BCUT2D eigenvalue weighted by atomic mass is 35.5. The molecule has 0 radical (unpaired) electrons. The van der Waals surface area contributed by atoms with E-state index < -0.39 is 16.9 Å². The summed E-state index contributed by atoms with van der Waals surface area (Å²) in [7, 11) is 0. The van der Waals surface area contributed by atoms with E-state index in [1.807, 2.05) is 30.3 Å². The first-order valence-electron chi connectivity index (χ1n) is 11.6. The Morgan fingerprint density at radius 2 is 2.00 bits per heavy atom. The topological polar surface area (TPSA) is 117 Å². The van der Waals surface area contributed by atoms with Gasteiger partial charge in [-0.15, -0.1) is 0 Å². The number of halogens is 1. The van der Waals surface area contributed by atoms with Crippen molar-refractivity contribution in [1.29, 1.82) is 0 Å². The molecule has 1 aliphatic heterocycles. The number of fused-ring (bicyclic) bond motifs is 1. The van der Waals surface area contributed by atoms with Crippen LogP contribution in [0.25, 0.3) is 17.4 Å². The van der Waals surface area contributed by atoms with Gasteiger partial charge in [0.1, 0.15) is 11.5 Å². The van der Waals surface area contributed by atoms with E-state index in [0.29, 0.717) is 37.7 Å². The van der Waals surface area contributed by atoms with E-state index in [9.17, 15) is 19.7 Å². The van der Waals surface area contributed by atoms with Crippen LogP contribution in [0.2, 0.25) is 5.02 Å². The third kappa shape index (κ3) is 4.59. The van der Waals surface area contributed by atoms with Gasteiger partial charge in [0.15, 0.2) is 4.80 Å². The summed E-state index contributed by atoms with van der Waals surface area (Å²) in [5, 5.41) is 11.2. The Morgan fingerprint density at radius 1 is 1.24 bits per heavy atom. The zero-order valence-electron chi connectivity index (χ0n) is 20.2. The molecule has 192 valence electrons. The summed E-state index contributed by atoms with van der Waals surface area (Å²) in [6, 6.07) is 16.0. The van der Waals surface area contributed by atoms with Gasteiger partial charge in [-0.05, 0) is 37.6 Å². The lowest BCUT2D eigenvalue weighted by Crippen LogP contribution is -2.39. The predicted molar refractivity (Wildman–Crippen MR) is 143 cm³/mol. The summed E-state index contributed by atoms with van der Waals surface area (Å²) < 4.78 is 13.1. The molecule has 0 N–H and O–H groups in total. The van der Waals surface area contributed by atoms with E-state index in [2.05, 4.69) is 4.99 Å². The maximum atomic E-state index is 13.6. The molecule has 38 heavy (non-hydrogen) atoms. The van der Waals surface area contributed by atoms with Gasteiger partial charge >= 0.3 is 5.97 Å². The van der Waals surface area contributed by atoms with Crippen molar-refractivity contribution in [3.63, 3.8) is 0 Å². The van der Waals surface area contributed by atoms with Crippen molar-refractivity contribution in [3.8, 4) is 11.3 Å². The minimum absolute atomic E-state index is 0.128. The number of hydrogen-bond donors (Lipinski definition) is 0. The second kappa shape index (κ2) is 10.2. The average molecular weight is 550 g/mol. The van der Waals surface area contributed by atoms with Crippen LogP contribution in [0.3, 0.4) is 0 Å². The van der Waals surface area contributed by atoms with E-state index in [-0.39, 0.29) is 22.9 Å². The van der Waals surface area contributed by atoms with Crippen molar-refractivity contribution in [1.82, 2.24) is 4.57 Å². The fourth-order valence-corrected chi connectivity index (χ4v) is 5.56. The molecule has 11 heteroatoms. The molecule has 2 aromatic carbocycles. The molecule has 0 aliphatic carbocycles. The highest BCUT2D eigenvalue weighted by Crippen LogP contribution is 2.33. The molecule has 1 aliphatic rings. The summed E-state index contributed by atoms with van der Waals surface area (Å²) >= 11 is 7.42. The van der Waals surface area contributed by atoms with Crippen LogP contribution in [0, 0.1) is 10.1 Å². The lowest BCUT2D eigenvalue weighted by Gasteiger charge is -2.24. The maximum absolute atomic E-state index is 13.6. The largest absolute Gasteiger partial charge is 0.463 e. The van der Waals surface area contributed by atoms with Gasteiger partial charge in [0.05, 0.1) is 38.4 Å². The van der Waals surface area contributed by atoms with Crippen molar-refractivity contribution in [2.24, 2.45) is 4.99 Å². The first-order valence-corrected chi connectivity index (χ1v) is 12.8. The van der Waals surface area contributed by atoms with Gasteiger partial charge in [-0.1, -0.05) is 53.3 Å². The Balaban J connectivity index is 1.60. The number of nitrogens with zero attached hydrogens (tertiary/aromatic N) is 3. The number of nitro groups is 1. The smallest absolute Gasteiger partial charge is 0.338 e. The second-order valence-electron chi connectivity index (χ2n) is 8.34. The minimum Gasteiger partial charge on any atom is -0.463 e. The van der Waals surface area contributed by atoms with E-state index in [1.165, 1.54) is 34.1 Å². The Labute approximate surface area is 224 Å². The van der Waals surface area contributed by atoms with Gasteiger partial charge < -0.3 is 9.15 Å². The Hall–Kier alpha value is -4.28. The summed E-state index contributed by atoms with van der Waals surface area (Å²) in [5.41, 5.74) is 1.58. The Kier molecular flexibility index (Phi) is 6.83. The van der Waals surface area contributed by atoms with Gasteiger partial charge in [-0.2, -0.15) is 0 Å². The van der Waals surface area contributed by atoms with Gasteiger partial charge in [0.2, 0.25) is 0 Å². The van der Waals surface area contributed by atoms with Crippen LogP contribution in [-0.2, 0) is 9.53 Å². The number of furan rings is 1. The third-order valence-electron chi connectivity index (χ3n) is 5.96. The molecule has 0 amide bonds. The van der Waals surface area contributed by atoms with E-state index >= 15 is 0 Å². The lowest BCUT2D eigenvalue weighted by atomic mass is 9.96. The maximum Gasteiger partial charge on any atom is 0.338 e. The Morgan fingerprint density at radius 3 is 2.68 bits per heavy atom. The number of nitro benzene ring substituents is 1. The number of carbonyl (C=O) groups excluding carboxylic acids is 1. The van der Waals surface area contributed by atoms with Crippen molar-refractivity contribution < 1.29 is 18.9 Å². The van der Waals surface area contributed by atoms with Crippen LogP contribution in [0.5, 0.6) is 0 Å². The number of thiazole rings is 1. The van der Waals surface area contributed by atoms with Crippen molar-refractivity contribution in [3.05, 3.63) is 118 Å².